The second kappa shape index (κ2) is 12.6. The summed E-state index contributed by atoms with van der Waals surface area (Å²) in [6, 6.07) is 31.1. The van der Waals surface area contributed by atoms with Crippen LogP contribution in [-0.4, -0.2) is 35.0 Å². The van der Waals surface area contributed by atoms with Crippen LogP contribution >= 0.6 is 0 Å². The fourth-order valence-electron chi connectivity index (χ4n) is 4.15. The number of nitrogens with one attached hydrogen (secondary N) is 1. The van der Waals surface area contributed by atoms with Gasteiger partial charge in [0.05, 0.1) is 11.7 Å². The van der Waals surface area contributed by atoms with Crippen LogP contribution in [0.4, 0.5) is 11.4 Å². The van der Waals surface area contributed by atoms with Gasteiger partial charge in [-0.05, 0) is 61.9 Å². The Kier molecular flexibility index (Phi) is 8.74. The summed E-state index contributed by atoms with van der Waals surface area (Å²) in [4.78, 5) is 40.6. The molecule has 0 spiro atoms. The van der Waals surface area contributed by atoms with Gasteiger partial charge in [-0.2, -0.15) is 0 Å². The van der Waals surface area contributed by atoms with E-state index in [1.165, 1.54) is 12.1 Å². The predicted molar refractivity (Wildman–Crippen MR) is 151 cm³/mol. The maximum Gasteiger partial charge on any atom is 0.326 e. The zero-order valence-corrected chi connectivity index (χ0v) is 21.8. The Morgan fingerprint density at radius 3 is 1.85 bits per heavy atom. The van der Waals surface area contributed by atoms with Crippen molar-refractivity contribution in [3.63, 3.8) is 0 Å². The fraction of sp³-hybridized carbons (Fsp3) is 0.156. The number of carboxylic acid groups (broad SMARTS) is 1. The Morgan fingerprint density at radius 1 is 0.795 bits per heavy atom. The minimum absolute atomic E-state index is 0.127. The number of aliphatic carboxylic acids is 1. The highest BCUT2D eigenvalue weighted by Gasteiger charge is 2.26. The van der Waals surface area contributed by atoms with E-state index < -0.39 is 17.9 Å². The minimum atomic E-state index is -1.15. The number of hydrogen-bond acceptors (Lipinski definition) is 4. The first kappa shape index (κ1) is 27.1. The first-order chi connectivity index (χ1) is 18.8. The van der Waals surface area contributed by atoms with Crippen molar-refractivity contribution in [3.05, 3.63) is 126 Å². The molecule has 0 saturated heterocycles. The molecule has 7 heteroatoms. The van der Waals surface area contributed by atoms with Gasteiger partial charge in [0.15, 0.2) is 0 Å². The minimum Gasteiger partial charge on any atom is -0.490 e. The van der Waals surface area contributed by atoms with E-state index in [0.29, 0.717) is 16.9 Å². The number of amides is 2. The largest absolute Gasteiger partial charge is 0.490 e. The summed E-state index contributed by atoms with van der Waals surface area (Å²) >= 11 is 0. The van der Waals surface area contributed by atoms with Gasteiger partial charge < -0.3 is 15.2 Å². The van der Waals surface area contributed by atoms with Crippen molar-refractivity contribution in [2.24, 2.45) is 0 Å². The molecule has 0 unspecified atom stereocenters. The Labute approximate surface area is 227 Å². The maximum atomic E-state index is 13.8. The lowest BCUT2D eigenvalue weighted by molar-refractivity contribution is -0.139. The van der Waals surface area contributed by atoms with Gasteiger partial charge in [0.2, 0.25) is 0 Å². The Bertz CT molecular complexity index is 1380. The fourth-order valence-corrected chi connectivity index (χ4v) is 4.15. The van der Waals surface area contributed by atoms with E-state index in [9.17, 15) is 19.5 Å². The summed E-state index contributed by atoms with van der Waals surface area (Å²) in [5, 5.41) is 12.3. The molecule has 0 aliphatic heterocycles. The van der Waals surface area contributed by atoms with Gasteiger partial charge in [0.25, 0.3) is 11.8 Å². The molecular formula is C32H30N2O5. The second-order valence-corrected chi connectivity index (χ2v) is 9.24. The second-order valence-electron chi connectivity index (χ2n) is 9.24. The average Bonchev–Trinajstić information content (AvgIpc) is 2.94. The molecule has 0 aliphatic carbocycles. The van der Waals surface area contributed by atoms with E-state index in [4.69, 9.17) is 4.74 Å². The molecule has 2 N–H and O–H groups in total. The number of carboxylic acids is 1. The molecule has 1 atom stereocenters. The summed E-state index contributed by atoms with van der Waals surface area (Å²) < 4.78 is 5.93. The molecule has 0 saturated carbocycles. The Hall–Kier alpha value is -4.91. The number of rotatable bonds is 10. The predicted octanol–water partition coefficient (Wildman–Crippen LogP) is 5.88. The quantitative estimate of drug-likeness (QED) is 0.271. The van der Waals surface area contributed by atoms with Crippen molar-refractivity contribution in [2.75, 3.05) is 4.90 Å². The third kappa shape index (κ3) is 6.90. The van der Waals surface area contributed by atoms with Crippen LogP contribution in [0.2, 0.25) is 0 Å². The SMILES string of the molecule is CC(C)Oc1cc(C(=O)N(c2ccccc2)c2ccccc2)ccc1C(=O)N[C@@H](Cc1ccccc1)C(=O)O. The monoisotopic (exact) mass is 522 g/mol. The molecule has 4 aromatic carbocycles. The summed E-state index contributed by atoms with van der Waals surface area (Å²) in [5.74, 6) is -1.86. The van der Waals surface area contributed by atoms with E-state index in [1.807, 2.05) is 92.7 Å². The molecule has 39 heavy (non-hydrogen) atoms. The Balaban J connectivity index is 1.66. The molecule has 0 heterocycles. The summed E-state index contributed by atoms with van der Waals surface area (Å²) in [5.41, 5.74) is 2.62. The molecule has 198 valence electrons. The van der Waals surface area contributed by atoms with Crippen molar-refractivity contribution < 1.29 is 24.2 Å². The van der Waals surface area contributed by atoms with Gasteiger partial charge in [0.1, 0.15) is 11.8 Å². The van der Waals surface area contributed by atoms with Crippen molar-refractivity contribution >= 4 is 29.2 Å². The molecule has 0 radical (unpaired) electrons. The summed E-state index contributed by atoms with van der Waals surface area (Å²) in [7, 11) is 0. The number of nitrogens with zero attached hydrogens (tertiary/aromatic N) is 1. The number of benzene rings is 4. The molecule has 7 nitrogen and oxygen atoms in total. The zero-order valence-electron chi connectivity index (χ0n) is 21.8. The number of carbonyl (C=O) groups excluding carboxylic acids is 2. The van der Waals surface area contributed by atoms with E-state index >= 15 is 0 Å². The molecule has 4 aromatic rings. The third-order valence-electron chi connectivity index (χ3n) is 5.95. The van der Waals surface area contributed by atoms with Crippen LogP contribution in [0.3, 0.4) is 0 Å². The van der Waals surface area contributed by atoms with Crippen molar-refractivity contribution in [3.8, 4) is 5.75 Å². The van der Waals surface area contributed by atoms with Crippen LogP contribution in [0.25, 0.3) is 0 Å². The first-order valence-electron chi connectivity index (χ1n) is 12.7. The Morgan fingerprint density at radius 2 is 1.33 bits per heavy atom. The van der Waals surface area contributed by atoms with Gasteiger partial charge in [-0.1, -0.05) is 66.7 Å². The highest BCUT2D eigenvalue weighted by Crippen LogP contribution is 2.29. The highest BCUT2D eigenvalue weighted by molar-refractivity contribution is 6.11. The van der Waals surface area contributed by atoms with Crippen LogP contribution in [-0.2, 0) is 11.2 Å². The topological polar surface area (TPSA) is 95.9 Å². The lowest BCUT2D eigenvalue weighted by atomic mass is 10.0. The first-order valence-corrected chi connectivity index (χ1v) is 12.7. The highest BCUT2D eigenvalue weighted by atomic mass is 16.5. The van der Waals surface area contributed by atoms with Crippen LogP contribution in [0, 0.1) is 0 Å². The van der Waals surface area contributed by atoms with Crippen LogP contribution < -0.4 is 15.0 Å². The van der Waals surface area contributed by atoms with Gasteiger partial charge in [-0.15, -0.1) is 0 Å². The third-order valence-corrected chi connectivity index (χ3v) is 5.95. The van der Waals surface area contributed by atoms with Crippen LogP contribution in [0.15, 0.2) is 109 Å². The standard InChI is InChI=1S/C32H30N2O5/c1-22(2)39-29-21-24(31(36)34(25-14-8-4-9-15-25)26-16-10-5-11-17-26)18-19-27(29)30(35)33-28(32(37)38)20-23-12-6-3-7-13-23/h3-19,21-22,28H,20H2,1-2H3,(H,33,35)(H,37,38)/t28-/m0/s1. The molecule has 0 fully saturated rings. The van der Waals surface area contributed by atoms with Crippen molar-refractivity contribution in [1.82, 2.24) is 5.32 Å². The van der Waals surface area contributed by atoms with Crippen molar-refractivity contribution in [1.29, 1.82) is 0 Å². The molecule has 4 rings (SSSR count). The normalized spacial score (nSPS) is 11.5. The summed E-state index contributed by atoms with van der Waals surface area (Å²) in [6.07, 6.45) is -0.164. The van der Waals surface area contributed by atoms with E-state index in [1.54, 1.807) is 23.1 Å². The number of ether oxygens (including phenoxy) is 1. The molecule has 0 bridgehead atoms. The van der Waals surface area contributed by atoms with Crippen LogP contribution in [0.5, 0.6) is 5.75 Å². The van der Waals surface area contributed by atoms with Gasteiger partial charge in [0, 0.05) is 23.4 Å². The van der Waals surface area contributed by atoms with E-state index in [2.05, 4.69) is 5.32 Å². The smallest absolute Gasteiger partial charge is 0.326 e. The van der Waals surface area contributed by atoms with Gasteiger partial charge in [-0.25, -0.2) is 4.79 Å². The zero-order chi connectivity index (χ0) is 27.8. The molecule has 0 aliphatic rings. The maximum absolute atomic E-state index is 13.8. The van der Waals surface area contributed by atoms with Crippen LogP contribution in [0.1, 0.15) is 40.1 Å². The number of para-hydroxylation sites is 2. The molecular weight excluding hydrogens is 492 g/mol. The van der Waals surface area contributed by atoms with Gasteiger partial charge in [-0.3, -0.25) is 14.5 Å². The number of hydrogen-bond donors (Lipinski definition) is 2. The van der Waals surface area contributed by atoms with Crippen molar-refractivity contribution in [2.45, 2.75) is 32.4 Å². The molecule has 0 aromatic heterocycles. The summed E-state index contributed by atoms with van der Waals surface area (Å²) in [6.45, 7) is 3.62. The lowest BCUT2D eigenvalue weighted by Gasteiger charge is -2.24. The number of carbonyl (C=O) groups is 3. The number of anilines is 2. The average molecular weight is 523 g/mol. The van der Waals surface area contributed by atoms with E-state index in [0.717, 1.165) is 5.56 Å². The molecule has 2 amide bonds. The van der Waals surface area contributed by atoms with Gasteiger partial charge >= 0.3 is 5.97 Å². The van der Waals surface area contributed by atoms with E-state index in [-0.39, 0.29) is 29.7 Å². The lowest BCUT2D eigenvalue weighted by Crippen LogP contribution is -2.42.